The van der Waals surface area contributed by atoms with E-state index in [1.807, 2.05) is 25.3 Å². The maximum Gasteiger partial charge on any atom is 0.0593 e. The van der Waals surface area contributed by atoms with E-state index in [1.165, 1.54) is 9.75 Å². The summed E-state index contributed by atoms with van der Waals surface area (Å²) in [6.07, 6.45) is 0. The number of hydrogen-bond donors (Lipinski definition) is 1. The molecule has 0 aromatic carbocycles. The van der Waals surface area contributed by atoms with Crippen molar-refractivity contribution in [2.75, 3.05) is 33.9 Å². The minimum Gasteiger partial charge on any atom is -0.380 e. The predicted octanol–water partition coefficient (Wildman–Crippen LogP) is 1.94. The molecular formula is C12H22N2OS. The number of nitrogens with one attached hydrogen (secondary N) is 1. The Labute approximate surface area is 102 Å². The molecule has 92 valence electrons. The summed E-state index contributed by atoms with van der Waals surface area (Å²) in [4.78, 5) is 5.12. The van der Waals surface area contributed by atoms with E-state index in [9.17, 15) is 0 Å². The Kier molecular flexibility index (Phi) is 6.64. The smallest absolute Gasteiger partial charge is 0.0593 e. The van der Waals surface area contributed by atoms with Gasteiger partial charge in [0.25, 0.3) is 0 Å². The Balaban J connectivity index is 2.28. The lowest BCUT2D eigenvalue weighted by atomic mass is 10.4. The molecule has 1 aromatic heterocycles. The molecule has 16 heavy (non-hydrogen) atoms. The van der Waals surface area contributed by atoms with E-state index < -0.39 is 0 Å². The monoisotopic (exact) mass is 242 g/mol. The highest BCUT2D eigenvalue weighted by Gasteiger charge is 2.03. The second-order valence-corrected chi connectivity index (χ2v) is 5.09. The molecule has 0 bridgehead atoms. The number of hydrogen-bond acceptors (Lipinski definition) is 4. The fraction of sp³-hybridized carbons (Fsp3) is 0.667. The van der Waals surface area contributed by atoms with E-state index in [2.05, 4.69) is 29.4 Å². The van der Waals surface area contributed by atoms with Crippen molar-refractivity contribution in [3.8, 4) is 0 Å². The predicted molar refractivity (Wildman–Crippen MR) is 69.9 cm³/mol. The van der Waals surface area contributed by atoms with Crippen LogP contribution in [0.1, 0.15) is 16.7 Å². The molecule has 0 spiro atoms. The SMILES string of the molecule is CCOCCN(C)Cc1ccc(CNC)s1. The van der Waals surface area contributed by atoms with Crippen molar-refractivity contribution in [3.05, 3.63) is 21.9 Å². The summed E-state index contributed by atoms with van der Waals surface area (Å²) < 4.78 is 5.34. The van der Waals surface area contributed by atoms with Gasteiger partial charge in [0.15, 0.2) is 0 Å². The molecule has 3 nitrogen and oxygen atoms in total. The van der Waals surface area contributed by atoms with Crippen LogP contribution in [0.3, 0.4) is 0 Å². The third kappa shape index (κ3) is 5.07. The van der Waals surface area contributed by atoms with Crippen molar-refractivity contribution < 1.29 is 4.74 Å². The second kappa shape index (κ2) is 7.79. The lowest BCUT2D eigenvalue weighted by molar-refractivity contribution is 0.120. The highest BCUT2D eigenvalue weighted by molar-refractivity contribution is 7.11. The third-order valence-corrected chi connectivity index (χ3v) is 3.39. The first kappa shape index (κ1) is 13.6. The van der Waals surface area contributed by atoms with Gasteiger partial charge in [-0.05, 0) is 33.2 Å². The first-order valence-corrected chi connectivity index (χ1v) is 6.56. The van der Waals surface area contributed by atoms with E-state index in [0.29, 0.717) is 0 Å². The molecule has 0 saturated carbocycles. The van der Waals surface area contributed by atoms with Gasteiger partial charge in [0, 0.05) is 36.0 Å². The van der Waals surface area contributed by atoms with E-state index >= 15 is 0 Å². The molecule has 1 rings (SSSR count). The van der Waals surface area contributed by atoms with Gasteiger partial charge in [0.2, 0.25) is 0 Å². The molecule has 0 unspecified atom stereocenters. The van der Waals surface area contributed by atoms with Gasteiger partial charge < -0.3 is 10.1 Å². The van der Waals surface area contributed by atoms with Crippen LogP contribution in [-0.4, -0.2) is 38.8 Å². The fourth-order valence-electron chi connectivity index (χ4n) is 1.49. The maximum atomic E-state index is 5.34. The van der Waals surface area contributed by atoms with E-state index in [1.54, 1.807) is 0 Å². The molecule has 0 amide bonds. The van der Waals surface area contributed by atoms with Crippen molar-refractivity contribution >= 4 is 11.3 Å². The van der Waals surface area contributed by atoms with Crippen LogP contribution in [0.25, 0.3) is 0 Å². The van der Waals surface area contributed by atoms with Crippen LogP contribution in [0, 0.1) is 0 Å². The minimum atomic E-state index is 0.805. The summed E-state index contributed by atoms with van der Waals surface area (Å²) in [7, 11) is 4.12. The number of likely N-dealkylation sites (N-methyl/N-ethyl adjacent to an activating group) is 1. The largest absolute Gasteiger partial charge is 0.380 e. The Morgan fingerprint density at radius 2 is 2.12 bits per heavy atom. The molecule has 1 aromatic rings. The summed E-state index contributed by atoms with van der Waals surface area (Å²) in [5, 5.41) is 3.17. The van der Waals surface area contributed by atoms with E-state index in [0.717, 1.165) is 32.8 Å². The standard InChI is InChI=1S/C12H22N2OS/c1-4-15-8-7-14(3)10-12-6-5-11(16-12)9-13-2/h5-6,13H,4,7-10H2,1-3H3. The Morgan fingerprint density at radius 1 is 1.38 bits per heavy atom. The summed E-state index contributed by atoms with van der Waals surface area (Å²) in [5.41, 5.74) is 0. The van der Waals surface area contributed by atoms with Gasteiger partial charge in [0.1, 0.15) is 0 Å². The first-order valence-electron chi connectivity index (χ1n) is 5.74. The highest BCUT2D eigenvalue weighted by atomic mass is 32.1. The van der Waals surface area contributed by atoms with Crippen LogP contribution in [0.4, 0.5) is 0 Å². The molecule has 0 aliphatic heterocycles. The number of thiophene rings is 1. The molecule has 0 atom stereocenters. The van der Waals surface area contributed by atoms with Gasteiger partial charge in [-0.15, -0.1) is 11.3 Å². The zero-order valence-corrected chi connectivity index (χ0v) is 11.3. The number of rotatable bonds is 8. The summed E-state index contributed by atoms with van der Waals surface area (Å²) in [5.74, 6) is 0. The number of nitrogens with zero attached hydrogens (tertiary/aromatic N) is 1. The molecule has 0 fully saturated rings. The van der Waals surface area contributed by atoms with Gasteiger partial charge in [0.05, 0.1) is 6.61 Å². The van der Waals surface area contributed by atoms with Gasteiger partial charge >= 0.3 is 0 Å². The van der Waals surface area contributed by atoms with Crippen molar-refractivity contribution in [3.63, 3.8) is 0 Å². The molecule has 0 aliphatic rings. The van der Waals surface area contributed by atoms with Crippen LogP contribution in [-0.2, 0) is 17.8 Å². The van der Waals surface area contributed by atoms with Gasteiger partial charge in [-0.25, -0.2) is 0 Å². The third-order valence-electron chi connectivity index (χ3n) is 2.32. The molecule has 0 saturated heterocycles. The second-order valence-electron chi connectivity index (χ2n) is 3.83. The molecular weight excluding hydrogens is 220 g/mol. The molecule has 1 N–H and O–H groups in total. The van der Waals surface area contributed by atoms with Crippen molar-refractivity contribution in [1.82, 2.24) is 10.2 Å². The van der Waals surface area contributed by atoms with Crippen molar-refractivity contribution in [2.45, 2.75) is 20.0 Å². The fourth-order valence-corrected chi connectivity index (χ4v) is 2.60. The van der Waals surface area contributed by atoms with Crippen LogP contribution in [0.5, 0.6) is 0 Å². The Bertz CT molecular complexity index is 288. The topological polar surface area (TPSA) is 24.5 Å². The average Bonchev–Trinajstić information content (AvgIpc) is 2.66. The van der Waals surface area contributed by atoms with Crippen molar-refractivity contribution in [1.29, 1.82) is 0 Å². The molecule has 4 heteroatoms. The van der Waals surface area contributed by atoms with Crippen LogP contribution >= 0.6 is 11.3 Å². The van der Waals surface area contributed by atoms with Crippen LogP contribution in [0.15, 0.2) is 12.1 Å². The van der Waals surface area contributed by atoms with Crippen LogP contribution in [0.2, 0.25) is 0 Å². The van der Waals surface area contributed by atoms with E-state index in [4.69, 9.17) is 4.74 Å². The maximum absolute atomic E-state index is 5.34. The Morgan fingerprint density at radius 3 is 2.81 bits per heavy atom. The molecule has 0 radical (unpaired) electrons. The van der Waals surface area contributed by atoms with Crippen molar-refractivity contribution in [2.24, 2.45) is 0 Å². The highest BCUT2D eigenvalue weighted by Crippen LogP contribution is 2.17. The minimum absolute atomic E-state index is 0.805. The summed E-state index contributed by atoms with van der Waals surface area (Å²) in [6.45, 7) is 6.63. The average molecular weight is 242 g/mol. The molecule has 0 aliphatic carbocycles. The van der Waals surface area contributed by atoms with E-state index in [-0.39, 0.29) is 0 Å². The van der Waals surface area contributed by atoms with Gasteiger partial charge in [-0.3, -0.25) is 4.90 Å². The zero-order valence-electron chi connectivity index (χ0n) is 10.5. The Hall–Kier alpha value is -0.420. The van der Waals surface area contributed by atoms with Crippen LogP contribution < -0.4 is 5.32 Å². The van der Waals surface area contributed by atoms with Gasteiger partial charge in [-0.1, -0.05) is 0 Å². The lowest BCUT2D eigenvalue weighted by Crippen LogP contribution is -2.22. The summed E-state index contributed by atoms with van der Waals surface area (Å²) in [6, 6.07) is 4.42. The normalized spacial score (nSPS) is 11.2. The summed E-state index contributed by atoms with van der Waals surface area (Å²) >= 11 is 1.88. The first-order chi connectivity index (χ1) is 7.76. The lowest BCUT2D eigenvalue weighted by Gasteiger charge is -2.14. The number of ether oxygens (including phenoxy) is 1. The molecule has 1 heterocycles. The quantitative estimate of drug-likeness (QED) is 0.705. The van der Waals surface area contributed by atoms with Gasteiger partial charge in [-0.2, -0.15) is 0 Å². The zero-order chi connectivity index (χ0) is 11.8.